The molecule has 1 atom stereocenters. The van der Waals surface area contributed by atoms with E-state index in [4.69, 9.17) is 4.74 Å². The highest BCUT2D eigenvalue weighted by Crippen LogP contribution is 2.18. The van der Waals surface area contributed by atoms with Gasteiger partial charge in [-0.05, 0) is 19.5 Å². The van der Waals surface area contributed by atoms with Crippen molar-refractivity contribution in [3.05, 3.63) is 34.4 Å². The molecule has 0 bridgehead atoms. The zero-order chi connectivity index (χ0) is 15.0. The van der Waals surface area contributed by atoms with Gasteiger partial charge in [0.05, 0.1) is 11.0 Å². The smallest absolute Gasteiger partial charge is 0.273 e. The predicted molar refractivity (Wildman–Crippen MR) is 82.0 cm³/mol. The maximum absolute atomic E-state index is 11.5. The second-order valence-electron chi connectivity index (χ2n) is 4.31. The average Bonchev–Trinajstić information content (AvgIpc) is 2.43. The van der Waals surface area contributed by atoms with Gasteiger partial charge in [-0.2, -0.15) is 0 Å². The number of hydrogen-bond donors (Lipinski definition) is 2. The summed E-state index contributed by atoms with van der Waals surface area (Å²) in [4.78, 5) is 21.6. The highest BCUT2D eigenvalue weighted by atomic mass is 35.5. The summed E-state index contributed by atoms with van der Waals surface area (Å²) >= 11 is 0. The second kappa shape index (κ2) is 9.95. The van der Waals surface area contributed by atoms with E-state index in [1.165, 1.54) is 18.2 Å². The van der Waals surface area contributed by atoms with Crippen molar-refractivity contribution in [1.82, 2.24) is 10.6 Å². The lowest BCUT2D eigenvalue weighted by Crippen LogP contribution is -2.40. The minimum atomic E-state index is -0.509. The molecule has 0 aliphatic carbocycles. The van der Waals surface area contributed by atoms with Gasteiger partial charge in [0.1, 0.15) is 5.75 Å². The van der Waals surface area contributed by atoms with Gasteiger partial charge in [-0.3, -0.25) is 14.9 Å². The third-order valence-corrected chi connectivity index (χ3v) is 2.56. The molecular formula is C13H20ClN3O4. The number of nitrogens with zero attached hydrogens (tertiary/aromatic N) is 1. The van der Waals surface area contributed by atoms with Crippen LogP contribution in [0.25, 0.3) is 0 Å². The molecule has 7 nitrogen and oxygen atoms in total. The molecule has 1 rings (SSSR count). The Morgan fingerprint density at radius 1 is 1.48 bits per heavy atom. The Morgan fingerprint density at radius 2 is 2.19 bits per heavy atom. The largest absolute Gasteiger partial charge is 0.484 e. The number of nitro groups is 1. The van der Waals surface area contributed by atoms with Gasteiger partial charge >= 0.3 is 0 Å². The fraction of sp³-hybridized carbons (Fsp3) is 0.462. The van der Waals surface area contributed by atoms with E-state index in [2.05, 4.69) is 10.6 Å². The molecule has 0 fully saturated rings. The number of nitrogens with one attached hydrogen (secondary N) is 2. The number of halogens is 1. The number of carbonyl (C=O) groups is 1. The molecule has 0 unspecified atom stereocenters. The molecule has 0 saturated carbocycles. The van der Waals surface area contributed by atoms with Crippen molar-refractivity contribution < 1.29 is 14.5 Å². The van der Waals surface area contributed by atoms with Gasteiger partial charge in [-0.1, -0.05) is 13.0 Å². The van der Waals surface area contributed by atoms with Gasteiger partial charge in [0.2, 0.25) is 0 Å². The molecule has 0 heterocycles. The topological polar surface area (TPSA) is 93.5 Å². The first-order valence-corrected chi connectivity index (χ1v) is 6.40. The Balaban J connectivity index is 0.00000400. The molecule has 0 radical (unpaired) electrons. The second-order valence-corrected chi connectivity index (χ2v) is 4.31. The minimum Gasteiger partial charge on any atom is -0.484 e. The number of benzene rings is 1. The van der Waals surface area contributed by atoms with Crippen molar-refractivity contribution in [2.24, 2.45) is 0 Å². The Kier molecular flexibility index (Phi) is 9.07. The van der Waals surface area contributed by atoms with Gasteiger partial charge in [0.15, 0.2) is 6.61 Å². The molecular weight excluding hydrogens is 298 g/mol. The fourth-order valence-electron chi connectivity index (χ4n) is 1.57. The molecule has 21 heavy (non-hydrogen) atoms. The van der Waals surface area contributed by atoms with Gasteiger partial charge < -0.3 is 15.4 Å². The third kappa shape index (κ3) is 7.48. The zero-order valence-electron chi connectivity index (χ0n) is 12.0. The van der Waals surface area contributed by atoms with Crippen molar-refractivity contribution in [2.45, 2.75) is 19.9 Å². The summed E-state index contributed by atoms with van der Waals surface area (Å²) in [5.74, 6) is 0.0374. The molecule has 8 heteroatoms. The number of ether oxygens (including phenoxy) is 1. The standard InChI is InChI=1S/C13H19N3O4.ClH/c1-3-14-10(2)8-15-13(17)9-20-12-6-4-5-11(7-12)16(18)19;/h4-7,10,14H,3,8-9H2,1-2H3,(H,15,17);1H/t10-;/m1./s1. The molecule has 0 saturated heterocycles. The normalized spacial score (nSPS) is 11.1. The lowest BCUT2D eigenvalue weighted by atomic mass is 10.3. The zero-order valence-corrected chi connectivity index (χ0v) is 12.8. The minimum absolute atomic E-state index is 0. The van der Waals surface area contributed by atoms with Crippen LogP contribution in [0.2, 0.25) is 0 Å². The molecule has 0 aliphatic rings. The lowest BCUT2D eigenvalue weighted by Gasteiger charge is -2.13. The van der Waals surface area contributed by atoms with E-state index in [0.717, 1.165) is 6.54 Å². The van der Waals surface area contributed by atoms with Crippen LogP contribution in [0.4, 0.5) is 5.69 Å². The van der Waals surface area contributed by atoms with Crippen LogP contribution in [0.5, 0.6) is 5.75 Å². The Labute approximate surface area is 129 Å². The number of nitro benzene ring substituents is 1. The first kappa shape index (κ1) is 19.1. The molecule has 0 aromatic heterocycles. The molecule has 1 aromatic rings. The van der Waals surface area contributed by atoms with Crippen molar-refractivity contribution in [3.63, 3.8) is 0 Å². The number of hydrogen-bond acceptors (Lipinski definition) is 5. The van der Waals surface area contributed by atoms with Gasteiger partial charge in [0.25, 0.3) is 11.6 Å². The fourth-order valence-corrected chi connectivity index (χ4v) is 1.57. The average molecular weight is 318 g/mol. The first-order valence-electron chi connectivity index (χ1n) is 6.40. The van der Waals surface area contributed by atoms with Crippen molar-refractivity contribution in [1.29, 1.82) is 0 Å². The van der Waals surface area contributed by atoms with E-state index >= 15 is 0 Å². The number of carbonyl (C=O) groups excluding carboxylic acids is 1. The number of non-ortho nitro benzene ring substituents is 1. The highest BCUT2D eigenvalue weighted by Gasteiger charge is 2.08. The summed E-state index contributed by atoms with van der Waals surface area (Å²) in [6.07, 6.45) is 0. The Morgan fingerprint density at radius 3 is 2.81 bits per heavy atom. The number of rotatable bonds is 8. The number of amides is 1. The molecule has 1 amide bonds. The van der Waals surface area contributed by atoms with Crippen LogP contribution in [-0.4, -0.2) is 36.6 Å². The molecule has 118 valence electrons. The Bertz CT molecular complexity index is 470. The summed E-state index contributed by atoms with van der Waals surface area (Å²) in [6, 6.07) is 5.92. The van der Waals surface area contributed by atoms with Gasteiger partial charge in [0, 0.05) is 18.7 Å². The van der Waals surface area contributed by atoms with E-state index in [0.29, 0.717) is 12.3 Å². The van der Waals surface area contributed by atoms with E-state index in [-0.39, 0.29) is 36.7 Å². The summed E-state index contributed by atoms with van der Waals surface area (Å²) in [5, 5.41) is 16.5. The monoisotopic (exact) mass is 317 g/mol. The maximum Gasteiger partial charge on any atom is 0.273 e. The van der Waals surface area contributed by atoms with Crippen molar-refractivity contribution in [2.75, 3.05) is 19.7 Å². The molecule has 2 N–H and O–H groups in total. The van der Waals surface area contributed by atoms with E-state index in [9.17, 15) is 14.9 Å². The molecule has 0 aliphatic heterocycles. The number of likely N-dealkylation sites (N-methyl/N-ethyl adjacent to an activating group) is 1. The van der Waals surface area contributed by atoms with E-state index in [1.807, 2.05) is 13.8 Å². The SMILES string of the molecule is CCN[C@H](C)CNC(=O)COc1cccc([N+](=O)[O-])c1.Cl. The lowest BCUT2D eigenvalue weighted by molar-refractivity contribution is -0.384. The van der Waals surface area contributed by atoms with Crippen LogP contribution in [0.15, 0.2) is 24.3 Å². The molecule has 1 aromatic carbocycles. The maximum atomic E-state index is 11.5. The van der Waals surface area contributed by atoms with Crippen LogP contribution in [0, 0.1) is 10.1 Å². The van der Waals surface area contributed by atoms with Crippen LogP contribution in [0.1, 0.15) is 13.8 Å². The molecule has 0 spiro atoms. The van der Waals surface area contributed by atoms with Crippen LogP contribution in [0.3, 0.4) is 0 Å². The Hall–Kier alpha value is -1.86. The first-order chi connectivity index (χ1) is 9.52. The van der Waals surface area contributed by atoms with Crippen molar-refractivity contribution >= 4 is 24.0 Å². The van der Waals surface area contributed by atoms with Crippen LogP contribution in [-0.2, 0) is 4.79 Å². The predicted octanol–water partition coefficient (Wildman–Crippen LogP) is 1.51. The quantitative estimate of drug-likeness (QED) is 0.560. The van der Waals surface area contributed by atoms with E-state index < -0.39 is 4.92 Å². The van der Waals surface area contributed by atoms with Crippen LogP contribution < -0.4 is 15.4 Å². The summed E-state index contributed by atoms with van der Waals surface area (Å²) < 4.78 is 5.21. The van der Waals surface area contributed by atoms with Gasteiger partial charge in [-0.25, -0.2) is 0 Å². The summed E-state index contributed by atoms with van der Waals surface area (Å²) in [6.45, 7) is 5.13. The summed E-state index contributed by atoms with van der Waals surface area (Å²) in [5.41, 5.74) is -0.0660. The summed E-state index contributed by atoms with van der Waals surface area (Å²) in [7, 11) is 0. The third-order valence-electron chi connectivity index (χ3n) is 2.56. The highest BCUT2D eigenvalue weighted by molar-refractivity contribution is 5.85. The van der Waals surface area contributed by atoms with Gasteiger partial charge in [-0.15, -0.1) is 12.4 Å². The van der Waals surface area contributed by atoms with Crippen LogP contribution >= 0.6 is 12.4 Å². The van der Waals surface area contributed by atoms with Crippen molar-refractivity contribution in [3.8, 4) is 5.75 Å². The van der Waals surface area contributed by atoms with E-state index in [1.54, 1.807) is 6.07 Å².